The molecule has 1 rings (SSSR count). The third-order valence-electron chi connectivity index (χ3n) is 3.26. The molecule has 0 bridgehead atoms. The van der Waals surface area contributed by atoms with E-state index >= 15 is 0 Å². The Morgan fingerprint density at radius 3 is 2.76 bits per heavy atom. The molecule has 116 valence electrons. The number of hydrogen-bond acceptors (Lipinski definition) is 3. The van der Waals surface area contributed by atoms with Gasteiger partial charge in [-0.25, -0.2) is 0 Å². The average molecular weight is 291 g/mol. The van der Waals surface area contributed by atoms with Crippen LogP contribution in [0.1, 0.15) is 30.4 Å². The second kappa shape index (κ2) is 9.00. The predicted molar refractivity (Wildman–Crippen MR) is 85.6 cm³/mol. The molecule has 1 aromatic rings. The minimum Gasteiger partial charge on any atom is -0.469 e. The van der Waals surface area contributed by atoms with Crippen LogP contribution in [0.15, 0.2) is 29.3 Å². The summed E-state index contributed by atoms with van der Waals surface area (Å²) in [5.41, 5.74) is 2.56. The van der Waals surface area contributed by atoms with Crippen molar-refractivity contribution in [1.82, 2.24) is 10.6 Å². The summed E-state index contributed by atoms with van der Waals surface area (Å²) >= 11 is 0. The molecule has 0 heterocycles. The minimum atomic E-state index is -0.230. The molecule has 1 atom stereocenters. The maximum absolute atomic E-state index is 11.0. The maximum Gasteiger partial charge on any atom is 0.307 e. The fraction of sp³-hybridized carbons (Fsp3) is 0.500. The maximum atomic E-state index is 11.0. The van der Waals surface area contributed by atoms with E-state index in [4.69, 9.17) is 0 Å². The molecule has 0 aliphatic carbocycles. The number of carbonyl (C=O) groups is 1. The second-order valence-electron chi connectivity index (χ2n) is 5.02. The number of nitrogens with zero attached hydrogens (tertiary/aromatic N) is 1. The highest BCUT2D eigenvalue weighted by molar-refractivity contribution is 5.80. The van der Waals surface area contributed by atoms with Gasteiger partial charge < -0.3 is 15.4 Å². The Kier molecular flexibility index (Phi) is 7.29. The molecular formula is C16H25N3O2. The van der Waals surface area contributed by atoms with Crippen LogP contribution in [-0.2, 0) is 9.53 Å². The Hall–Kier alpha value is -2.04. The predicted octanol–water partition coefficient (Wildman–Crippen LogP) is 1.83. The van der Waals surface area contributed by atoms with E-state index in [1.165, 1.54) is 18.2 Å². The van der Waals surface area contributed by atoms with Gasteiger partial charge in [0.15, 0.2) is 5.96 Å². The zero-order valence-electron chi connectivity index (χ0n) is 13.3. The Labute approximate surface area is 126 Å². The number of carbonyl (C=O) groups excluding carboxylic acids is 1. The van der Waals surface area contributed by atoms with Crippen molar-refractivity contribution < 1.29 is 9.53 Å². The van der Waals surface area contributed by atoms with E-state index < -0.39 is 0 Å². The largest absolute Gasteiger partial charge is 0.469 e. The van der Waals surface area contributed by atoms with E-state index in [-0.39, 0.29) is 5.97 Å². The van der Waals surface area contributed by atoms with Crippen molar-refractivity contribution in [2.75, 3.05) is 27.2 Å². The lowest BCUT2D eigenvalue weighted by molar-refractivity contribution is -0.140. The Balaban J connectivity index is 2.39. The quantitative estimate of drug-likeness (QED) is 0.477. The van der Waals surface area contributed by atoms with Crippen LogP contribution in [0.5, 0.6) is 0 Å². The molecule has 0 amide bonds. The van der Waals surface area contributed by atoms with E-state index in [1.54, 1.807) is 7.05 Å². The van der Waals surface area contributed by atoms with Crippen molar-refractivity contribution in [3.63, 3.8) is 0 Å². The first-order valence-corrected chi connectivity index (χ1v) is 7.14. The summed E-state index contributed by atoms with van der Waals surface area (Å²) in [5.74, 6) is 0.841. The molecule has 0 spiro atoms. The van der Waals surface area contributed by atoms with Crippen molar-refractivity contribution in [1.29, 1.82) is 0 Å². The van der Waals surface area contributed by atoms with Crippen molar-refractivity contribution in [2.24, 2.45) is 4.99 Å². The van der Waals surface area contributed by atoms with Crippen LogP contribution in [0.3, 0.4) is 0 Å². The molecule has 5 heteroatoms. The molecule has 0 aliphatic heterocycles. The lowest BCUT2D eigenvalue weighted by atomic mass is 9.99. The summed E-state index contributed by atoms with van der Waals surface area (Å²) in [6.07, 6.45) is 0.324. The summed E-state index contributed by atoms with van der Waals surface area (Å²) in [4.78, 5) is 15.2. The first-order chi connectivity index (χ1) is 10.1. The number of rotatable bonds is 6. The summed E-state index contributed by atoms with van der Waals surface area (Å²) < 4.78 is 4.59. The fourth-order valence-electron chi connectivity index (χ4n) is 1.95. The van der Waals surface area contributed by atoms with Gasteiger partial charge >= 0.3 is 5.97 Å². The number of ether oxygens (including phenoxy) is 1. The second-order valence-corrected chi connectivity index (χ2v) is 5.02. The van der Waals surface area contributed by atoms with Gasteiger partial charge in [0.2, 0.25) is 0 Å². The lowest BCUT2D eigenvalue weighted by Crippen LogP contribution is -2.40. The van der Waals surface area contributed by atoms with E-state index in [9.17, 15) is 4.79 Å². The third-order valence-corrected chi connectivity index (χ3v) is 3.26. The Morgan fingerprint density at radius 2 is 2.14 bits per heavy atom. The zero-order valence-corrected chi connectivity index (χ0v) is 13.3. The van der Waals surface area contributed by atoms with Crippen LogP contribution in [0.2, 0.25) is 0 Å². The SMILES string of the molecule is CN=C(NCCC(=O)OC)NCC(C)c1cccc(C)c1. The van der Waals surface area contributed by atoms with Gasteiger partial charge in [-0.05, 0) is 18.4 Å². The zero-order chi connectivity index (χ0) is 15.7. The molecule has 0 fully saturated rings. The molecule has 1 unspecified atom stereocenters. The molecule has 5 nitrogen and oxygen atoms in total. The van der Waals surface area contributed by atoms with E-state index in [0.717, 1.165) is 6.54 Å². The molecular weight excluding hydrogens is 266 g/mol. The van der Waals surface area contributed by atoms with Gasteiger partial charge in [-0.2, -0.15) is 0 Å². The van der Waals surface area contributed by atoms with E-state index in [0.29, 0.717) is 24.8 Å². The summed E-state index contributed by atoms with van der Waals surface area (Å²) in [6.45, 7) is 5.55. The van der Waals surface area contributed by atoms with Crippen LogP contribution in [-0.4, -0.2) is 39.2 Å². The fourth-order valence-corrected chi connectivity index (χ4v) is 1.95. The van der Waals surface area contributed by atoms with Gasteiger partial charge in [-0.1, -0.05) is 36.8 Å². The molecule has 0 aromatic heterocycles. The molecule has 0 aliphatic rings. The number of guanidine groups is 1. The average Bonchev–Trinajstić information content (AvgIpc) is 2.49. The van der Waals surface area contributed by atoms with Crippen LogP contribution >= 0.6 is 0 Å². The standard InChI is InChI=1S/C16H25N3O2/c1-12-6-5-7-14(10-12)13(2)11-19-16(17-3)18-9-8-15(20)21-4/h5-7,10,13H,8-9,11H2,1-4H3,(H2,17,18,19). The first kappa shape index (κ1) is 17.0. The van der Waals surface area contributed by atoms with E-state index in [1.807, 2.05) is 0 Å². The van der Waals surface area contributed by atoms with Gasteiger partial charge in [-0.15, -0.1) is 0 Å². The van der Waals surface area contributed by atoms with Gasteiger partial charge in [0.1, 0.15) is 0 Å². The number of aryl methyl sites for hydroxylation is 1. The van der Waals surface area contributed by atoms with Gasteiger partial charge in [0, 0.05) is 20.1 Å². The summed E-state index contributed by atoms with van der Waals surface area (Å²) in [5, 5.41) is 6.36. The molecule has 2 N–H and O–H groups in total. The monoisotopic (exact) mass is 291 g/mol. The molecule has 0 saturated heterocycles. The smallest absolute Gasteiger partial charge is 0.307 e. The molecule has 0 saturated carbocycles. The highest BCUT2D eigenvalue weighted by atomic mass is 16.5. The van der Waals surface area contributed by atoms with Crippen molar-refractivity contribution in [2.45, 2.75) is 26.2 Å². The first-order valence-electron chi connectivity index (χ1n) is 7.14. The lowest BCUT2D eigenvalue weighted by Gasteiger charge is -2.16. The number of hydrogen-bond donors (Lipinski definition) is 2. The van der Waals surface area contributed by atoms with Crippen molar-refractivity contribution >= 4 is 11.9 Å². The summed E-state index contributed by atoms with van der Waals surface area (Å²) in [7, 11) is 3.10. The van der Waals surface area contributed by atoms with Crippen LogP contribution < -0.4 is 10.6 Å². The highest BCUT2D eigenvalue weighted by Gasteiger charge is 2.07. The van der Waals surface area contributed by atoms with Crippen molar-refractivity contribution in [3.8, 4) is 0 Å². The number of esters is 1. The summed E-state index contributed by atoms with van der Waals surface area (Å²) in [6, 6.07) is 8.49. The third kappa shape index (κ3) is 6.29. The minimum absolute atomic E-state index is 0.230. The molecule has 0 radical (unpaired) electrons. The Bertz CT molecular complexity index is 486. The number of nitrogens with one attached hydrogen (secondary N) is 2. The van der Waals surface area contributed by atoms with Crippen molar-refractivity contribution in [3.05, 3.63) is 35.4 Å². The number of aliphatic imine (C=N–C) groups is 1. The molecule has 1 aromatic carbocycles. The number of methoxy groups -OCH3 is 1. The van der Waals surface area contributed by atoms with Crippen LogP contribution in [0.25, 0.3) is 0 Å². The van der Waals surface area contributed by atoms with Gasteiger partial charge in [-0.3, -0.25) is 9.79 Å². The number of benzene rings is 1. The highest BCUT2D eigenvalue weighted by Crippen LogP contribution is 2.15. The van der Waals surface area contributed by atoms with Gasteiger partial charge in [0.05, 0.1) is 13.5 Å². The normalized spacial score (nSPS) is 12.7. The molecule has 21 heavy (non-hydrogen) atoms. The van der Waals surface area contributed by atoms with Crippen LogP contribution in [0.4, 0.5) is 0 Å². The van der Waals surface area contributed by atoms with Gasteiger partial charge in [0.25, 0.3) is 0 Å². The van der Waals surface area contributed by atoms with Crippen LogP contribution in [0, 0.1) is 6.92 Å². The Morgan fingerprint density at radius 1 is 1.38 bits per heavy atom. The van der Waals surface area contributed by atoms with E-state index in [2.05, 4.69) is 58.5 Å². The topological polar surface area (TPSA) is 62.7 Å².